The fourth-order valence-electron chi connectivity index (χ4n) is 1.41. The van der Waals surface area contributed by atoms with E-state index in [2.05, 4.69) is 10.6 Å². The minimum atomic E-state index is -1.35. The van der Waals surface area contributed by atoms with Gasteiger partial charge >= 0.3 is 18.2 Å². The normalized spacial score (nSPS) is 14.5. The first-order chi connectivity index (χ1) is 9.71. The van der Waals surface area contributed by atoms with Crippen LogP contribution in [0.5, 0.6) is 0 Å². The zero-order chi connectivity index (χ0) is 17.7. The minimum Gasteiger partial charge on any atom is -0.480 e. The third-order valence-electron chi connectivity index (χ3n) is 2.18. The second-order valence-electron chi connectivity index (χ2n) is 6.90. The molecule has 0 unspecified atom stereocenters. The molecule has 2 amide bonds. The van der Waals surface area contributed by atoms with Gasteiger partial charge < -0.3 is 25.2 Å². The lowest BCUT2D eigenvalue weighted by Gasteiger charge is -2.26. The second-order valence-corrected chi connectivity index (χ2v) is 6.90. The molecule has 0 bridgehead atoms. The highest BCUT2D eigenvalue weighted by Gasteiger charge is 2.30. The van der Waals surface area contributed by atoms with E-state index in [0.717, 1.165) is 0 Å². The summed E-state index contributed by atoms with van der Waals surface area (Å²) in [5, 5.41) is 13.8. The maximum absolute atomic E-state index is 11.7. The van der Waals surface area contributed by atoms with E-state index in [1.807, 2.05) is 0 Å². The number of alkyl carbamates (subject to hydrolysis) is 2. The van der Waals surface area contributed by atoms with E-state index in [-0.39, 0.29) is 0 Å². The number of nitrogens with one attached hydrogen (secondary N) is 2. The molecule has 0 spiro atoms. The molecule has 2 atom stereocenters. The Morgan fingerprint density at radius 1 is 0.864 bits per heavy atom. The maximum Gasteiger partial charge on any atom is 0.408 e. The van der Waals surface area contributed by atoms with Crippen molar-refractivity contribution in [3.8, 4) is 0 Å². The molecule has 8 nitrogen and oxygen atoms in total. The summed E-state index contributed by atoms with van der Waals surface area (Å²) in [6.07, 6.45) is -1.64. The molecule has 0 fully saturated rings. The summed E-state index contributed by atoms with van der Waals surface area (Å²) in [7, 11) is 0. The SMILES string of the molecule is C[C@@H](NC(=O)OC(C)(C)C)[C@H](NC(=O)OC(C)(C)C)C(=O)O. The molecule has 22 heavy (non-hydrogen) atoms. The number of hydrogen-bond donors (Lipinski definition) is 3. The zero-order valence-corrected chi connectivity index (χ0v) is 14.1. The highest BCUT2D eigenvalue weighted by Crippen LogP contribution is 2.09. The molecule has 0 aliphatic carbocycles. The van der Waals surface area contributed by atoms with Crippen LogP contribution in [0.1, 0.15) is 48.5 Å². The molecular formula is C14H26N2O6. The zero-order valence-electron chi connectivity index (χ0n) is 14.1. The van der Waals surface area contributed by atoms with E-state index in [1.165, 1.54) is 6.92 Å². The molecule has 0 radical (unpaired) electrons. The second kappa shape index (κ2) is 7.33. The Labute approximate surface area is 130 Å². The lowest BCUT2D eigenvalue weighted by atomic mass is 10.1. The van der Waals surface area contributed by atoms with E-state index >= 15 is 0 Å². The van der Waals surface area contributed by atoms with Gasteiger partial charge in [0.2, 0.25) is 0 Å². The first-order valence-electron chi connectivity index (χ1n) is 6.93. The number of carboxylic acid groups (broad SMARTS) is 1. The Morgan fingerprint density at radius 2 is 1.23 bits per heavy atom. The standard InChI is InChI=1S/C14H26N2O6/c1-8(15-11(19)21-13(2,3)4)9(10(17)18)16-12(20)22-14(5,6)7/h8-9H,1-7H3,(H,15,19)(H,16,20)(H,17,18)/t8-,9+/m1/s1. The monoisotopic (exact) mass is 318 g/mol. The van der Waals surface area contributed by atoms with Crippen LogP contribution in [0.25, 0.3) is 0 Å². The molecule has 0 aromatic heterocycles. The average Bonchev–Trinajstić information content (AvgIpc) is 2.19. The van der Waals surface area contributed by atoms with Crippen molar-refractivity contribution in [1.29, 1.82) is 0 Å². The molecule has 0 aromatic rings. The van der Waals surface area contributed by atoms with E-state index in [9.17, 15) is 19.5 Å². The van der Waals surface area contributed by atoms with Crippen LogP contribution in [0.15, 0.2) is 0 Å². The minimum absolute atomic E-state index is 0.707. The van der Waals surface area contributed by atoms with Crippen LogP contribution in [-0.4, -0.2) is 46.5 Å². The predicted octanol–water partition coefficient (Wildman–Crippen LogP) is 1.88. The summed E-state index contributed by atoms with van der Waals surface area (Å²) >= 11 is 0. The summed E-state index contributed by atoms with van der Waals surface area (Å²) in [4.78, 5) is 34.5. The lowest BCUT2D eigenvalue weighted by Crippen LogP contribution is -2.55. The van der Waals surface area contributed by atoms with Crippen molar-refractivity contribution in [3.05, 3.63) is 0 Å². The van der Waals surface area contributed by atoms with E-state index < -0.39 is 41.4 Å². The predicted molar refractivity (Wildman–Crippen MR) is 79.6 cm³/mol. The first-order valence-corrected chi connectivity index (χ1v) is 6.93. The number of rotatable bonds is 4. The summed E-state index contributed by atoms with van der Waals surface area (Å²) in [5.74, 6) is -1.30. The Morgan fingerprint density at radius 3 is 1.55 bits per heavy atom. The summed E-state index contributed by atoms with van der Waals surface area (Å²) < 4.78 is 10.0. The van der Waals surface area contributed by atoms with Crippen LogP contribution >= 0.6 is 0 Å². The van der Waals surface area contributed by atoms with Crippen LogP contribution in [0.2, 0.25) is 0 Å². The smallest absolute Gasteiger partial charge is 0.408 e. The van der Waals surface area contributed by atoms with Gasteiger partial charge in [-0.05, 0) is 48.5 Å². The van der Waals surface area contributed by atoms with Gasteiger partial charge in [-0.25, -0.2) is 14.4 Å². The Balaban J connectivity index is 4.72. The molecule has 0 saturated carbocycles. The molecule has 128 valence electrons. The van der Waals surface area contributed by atoms with Gasteiger partial charge in [-0.15, -0.1) is 0 Å². The molecule has 0 aromatic carbocycles. The van der Waals surface area contributed by atoms with Crippen molar-refractivity contribution in [2.24, 2.45) is 0 Å². The number of aliphatic carboxylic acids is 1. The van der Waals surface area contributed by atoms with Gasteiger partial charge in [0.15, 0.2) is 0 Å². The third-order valence-corrected chi connectivity index (χ3v) is 2.18. The Bertz CT molecular complexity index is 422. The molecule has 0 aliphatic heterocycles. The van der Waals surface area contributed by atoms with E-state index in [1.54, 1.807) is 41.5 Å². The number of carboxylic acids is 1. The van der Waals surface area contributed by atoms with Crippen molar-refractivity contribution in [2.45, 2.75) is 71.8 Å². The molecule has 0 aliphatic rings. The van der Waals surface area contributed by atoms with E-state index in [0.29, 0.717) is 0 Å². The van der Waals surface area contributed by atoms with Crippen LogP contribution in [0.4, 0.5) is 9.59 Å². The van der Waals surface area contributed by atoms with Crippen molar-refractivity contribution >= 4 is 18.2 Å². The molecule has 0 rings (SSSR count). The number of carbonyl (C=O) groups is 3. The summed E-state index contributed by atoms with van der Waals surface area (Å²) in [5.41, 5.74) is -1.46. The van der Waals surface area contributed by atoms with Crippen molar-refractivity contribution in [3.63, 3.8) is 0 Å². The number of hydrogen-bond acceptors (Lipinski definition) is 5. The molecule has 8 heteroatoms. The Kier molecular flexibility index (Phi) is 6.66. The van der Waals surface area contributed by atoms with Crippen molar-refractivity contribution in [2.75, 3.05) is 0 Å². The largest absolute Gasteiger partial charge is 0.480 e. The lowest BCUT2D eigenvalue weighted by molar-refractivity contribution is -0.140. The van der Waals surface area contributed by atoms with Gasteiger partial charge in [0.1, 0.15) is 17.2 Å². The van der Waals surface area contributed by atoms with Crippen LogP contribution < -0.4 is 10.6 Å². The van der Waals surface area contributed by atoms with Gasteiger partial charge in [0, 0.05) is 0 Å². The van der Waals surface area contributed by atoms with Gasteiger partial charge in [-0.3, -0.25) is 0 Å². The summed E-state index contributed by atoms with van der Waals surface area (Å²) in [6, 6.07) is -2.23. The first kappa shape index (κ1) is 20.0. The van der Waals surface area contributed by atoms with Crippen molar-refractivity contribution < 1.29 is 29.0 Å². The molecule has 0 saturated heterocycles. The highest BCUT2D eigenvalue weighted by atomic mass is 16.6. The molecular weight excluding hydrogens is 292 g/mol. The van der Waals surface area contributed by atoms with Gasteiger partial charge in [0.25, 0.3) is 0 Å². The number of ether oxygens (including phenoxy) is 2. The van der Waals surface area contributed by atoms with Crippen molar-refractivity contribution in [1.82, 2.24) is 10.6 Å². The number of amides is 2. The topological polar surface area (TPSA) is 114 Å². The quantitative estimate of drug-likeness (QED) is 0.729. The van der Waals surface area contributed by atoms with Gasteiger partial charge in [-0.2, -0.15) is 0 Å². The highest BCUT2D eigenvalue weighted by molar-refractivity contribution is 5.81. The summed E-state index contributed by atoms with van der Waals surface area (Å²) in [6.45, 7) is 11.5. The Hall–Kier alpha value is -1.99. The van der Waals surface area contributed by atoms with Crippen LogP contribution in [-0.2, 0) is 14.3 Å². The third kappa shape index (κ3) is 9.04. The average molecular weight is 318 g/mol. The maximum atomic E-state index is 11.7. The van der Waals surface area contributed by atoms with E-state index in [4.69, 9.17) is 9.47 Å². The molecule has 3 N–H and O–H groups in total. The van der Waals surface area contributed by atoms with Crippen LogP contribution in [0.3, 0.4) is 0 Å². The fourth-order valence-corrected chi connectivity index (χ4v) is 1.41. The van der Waals surface area contributed by atoms with Gasteiger partial charge in [0.05, 0.1) is 6.04 Å². The van der Waals surface area contributed by atoms with Crippen LogP contribution in [0, 0.1) is 0 Å². The fraction of sp³-hybridized carbons (Fsp3) is 0.786. The van der Waals surface area contributed by atoms with Gasteiger partial charge in [-0.1, -0.05) is 0 Å². The number of carbonyl (C=O) groups excluding carboxylic acids is 2. The molecule has 0 heterocycles.